The third kappa shape index (κ3) is 65.1. The molecule has 0 bridgehead atoms. The van der Waals surface area contributed by atoms with Gasteiger partial charge in [-0.1, -0.05) is 380 Å². The molecule has 0 spiro atoms. The van der Waals surface area contributed by atoms with Gasteiger partial charge in [0, 0.05) is 19.3 Å². The monoisotopic (exact) mass is 1090 g/mol. The summed E-state index contributed by atoms with van der Waals surface area (Å²) in [6, 6.07) is 0. The maximum Gasteiger partial charge on any atom is 0.306 e. The number of ether oxygens (including phenoxy) is 3. The van der Waals surface area contributed by atoms with Gasteiger partial charge >= 0.3 is 17.9 Å². The lowest BCUT2D eigenvalue weighted by atomic mass is 10.0. The van der Waals surface area contributed by atoms with Crippen molar-refractivity contribution in [3.8, 4) is 0 Å². The molecule has 6 heteroatoms. The maximum atomic E-state index is 12.8. The Morgan fingerprint density at radius 1 is 0.208 bits per heavy atom. The SMILES string of the molecule is CCCCCCCCCCCCCCCCCCCCCCCCCCCCCCCCCC(=O)OCC(COC(=O)CCCCCCC)OC(=O)CCCCCCCCCCCCCCCCCCCCCCCCC. The fraction of sp³-hybridized carbons (Fsp3) is 0.958. The lowest BCUT2D eigenvalue weighted by molar-refractivity contribution is -0.167. The molecule has 1 atom stereocenters. The highest BCUT2D eigenvalue weighted by Gasteiger charge is 2.19. The molecule has 0 aliphatic rings. The normalized spacial score (nSPS) is 11.9. The molecule has 0 saturated heterocycles. The van der Waals surface area contributed by atoms with Gasteiger partial charge in [0.15, 0.2) is 6.10 Å². The molecule has 77 heavy (non-hydrogen) atoms. The van der Waals surface area contributed by atoms with Gasteiger partial charge in [-0.2, -0.15) is 0 Å². The van der Waals surface area contributed by atoms with Crippen molar-refractivity contribution in [1.29, 1.82) is 0 Å². The van der Waals surface area contributed by atoms with Crippen LogP contribution in [-0.4, -0.2) is 37.2 Å². The van der Waals surface area contributed by atoms with E-state index in [0.717, 1.165) is 64.2 Å². The molecule has 0 aromatic rings. The quantitative estimate of drug-likeness (QED) is 0.0343. The Balaban J connectivity index is 3.87. The van der Waals surface area contributed by atoms with Crippen molar-refractivity contribution in [2.24, 2.45) is 0 Å². The van der Waals surface area contributed by atoms with Crippen LogP contribution in [0.2, 0.25) is 0 Å². The summed E-state index contributed by atoms with van der Waals surface area (Å²) in [4.78, 5) is 38.0. The zero-order valence-corrected chi connectivity index (χ0v) is 52.8. The summed E-state index contributed by atoms with van der Waals surface area (Å²) in [6.45, 7) is 6.65. The molecule has 0 heterocycles. The molecule has 0 amide bonds. The predicted molar refractivity (Wildman–Crippen MR) is 335 cm³/mol. The van der Waals surface area contributed by atoms with Gasteiger partial charge in [-0.3, -0.25) is 14.4 Å². The standard InChI is InChI=1S/C71H138O6/c1-4-7-10-13-15-17-19-21-23-25-27-29-31-32-33-34-35-36-37-38-40-41-43-45-47-49-51-53-55-58-61-64-70(73)76-67-68(66-75-69(72)63-60-57-12-9-6-3)77-71(74)65-62-59-56-54-52-50-48-46-44-42-39-30-28-26-24-22-20-18-16-14-11-8-5-2/h68H,4-67H2,1-3H3. The third-order valence-electron chi connectivity index (χ3n) is 16.6. The summed E-state index contributed by atoms with van der Waals surface area (Å²) < 4.78 is 16.8. The van der Waals surface area contributed by atoms with Gasteiger partial charge in [0.25, 0.3) is 0 Å². The zero-order chi connectivity index (χ0) is 55.7. The van der Waals surface area contributed by atoms with E-state index in [1.54, 1.807) is 0 Å². The summed E-state index contributed by atoms with van der Waals surface area (Å²) in [5.41, 5.74) is 0. The average molecular weight is 1090 g/mol. The van der Waals surface area contributed by atoms with E-state index >= 15 is 0 Å². The van der Waals surface area contributed by atoms with Gasteiger partial charge in [0.2, 0.25) is 0 Å². The average Bonchev–Trinajstić information content (AvgIpc) is 3.43. The van der Waals surface area contributed by atoms with Crippen LogP contribution in [0.5, 0.6) is 0 Å². The van der Waals surface area contributed by atoms with Crippen LogP contribution in [-0.2, 0) is 28.6 Å². The lowest BCUT2D eigenvalue weighted by Gasteiger charge is -2.18. The number of rotatable bonds is 67. The molecule has 0 aromatic carbocycles. The molecule has 0 saturated carbocycles. The van der Waals surface area contributed by atoms with Crippen LogP contribution in [0.25, 0.3) is 0 Å². The van der Waals surface area contributed by atoms with Gasteiger partial charge in [-0.15, -0.1) is 0 Å². The van der Waals surface area contributed by atoms with Crippen LogP contribution in [0.3, 0.4) is 0 Å². The summed E-state index contributed by atoms with van der Waals surface area (Å²) in [5, 5.41) is 0. The van der Waals surface area contributed by atoms with E-state index in [1.165, 1.54) is 315 Å². The Bertz CT molecular complexity index is 1160. The van der Waals surface area contributed by atoms with Crippen molar-refractivity contribution in [3.63, 3.8) is 0 Å². The van der Waals surface area contributed by atoms with Crippen LogP contribution in [0.15, 0.2) is 0 Å². The van der Waals surface area contributed by atoms with Crippen molar-refractivity contribution >= 4 is 17.9 Å². The first kappa shape index (κ1) is 75.4. The summed E-state index contributed by atoms with van der Waals surface area (Å²) >= 11 is 0. The Hall–Kier alpha value is -1.59. The molecule has 6 nitrogen and oxygen atoms in total. The summed E-state index contributed by atoms with van der Waals surface area (Å²) in [7, 11) is 0. The second-order valence-electron chi connectivity index (χ2n) is 24.5. The maximum absolute atomic E-state index is 12.8. The van der Waals surface area contributed by atoms with Crippen LogP contribution in [0.4, 0.5) is 0 Å². The first-order chi connectivity index (χ1) is 38.0. The van der Waals surface area contributed by atoms with Gasteiger partial charge in [-0.25, -0.2) is 0 Å². The Morgan fingerprint density at radius 2 is 0.351 bits per heavy atom. The number of hydrogen-bond acceptors (Lipinski definition) is 6. The molecular weight excluding hydrogens is 949 g/mol. The van der Waals surface area contributed by atoms with Crippen molar-refractivity contribution in [1.82, 2.24) is 0 Å². The number of carbonyl (C=O) groups excluding carboxylic acids is 3. The minimum Gasteiger partial charge on any atom is -0.462 e. The van der Waals surface area contributed by atoms with Gasteiger partial charge in [0.1, 0.15) is 13.2 Å². The molecule has 0 radical (unpaired) electrons. The largest absolute Gasteiger partial charge is 0.462 e. The smallest absolute Gasteiger partial charge is 0.306 e. The highest BCUT2D eigenvalue weighted by atomic mass is 16.6. The van der Waals surface area contributed by atoms with E-state index in [4.69, 9.17) is 14.2 Å². The second kappa shape index (κ2) is 66.9. The first-order valence-electron chi connectivity index (χ1n) is 35.5. The lowest BCUT2D eigenvalue weighted by Crippen LogP contribution is -2.30. The Labute approximate surface area is 482 Å². The molecule has 0 fully saturated rings. The van der Waals surface area contributed by atoms with Crippen LogP contribution < -0.4 is 0 Å². The molecule has 0 N–H and O–H groups in total. The van der Waals surface area contributed by atoms with Crippen molar-refractivity contribution in [2.45, 2.75) is 425 Å². The van der Waals surface area contributed by atoms with E-state index in [9.17, 15) is 14.4 Å². The number of hydrogen-bond donors (Lipinski definition) is 0. The van der Waals surface area contributed by atoms with E-state index in [-0.39, 0.29) is 31.1 Å². The van der Waals surface area contributed by atoms with Gasteiger partial charge in [0.05, 0.1) is 0 Å². The van der Waals surface area contributed by atoms with E-state index in [0.29, 0.717) is 19.3 Å². The van der Waals surface area contributed by atoms with Crippen molar-refractivity contribution in [3.05, 3.63) is 0 Å². The minimum absolute atomic E-state index is 0.0621. The van der Waals surface area contributed by atoms with Crippen LogP contribution >= 0.6 is 0 Å². The minimum atomic E-state index is -0.761. The van der Waals surface area contributed by atoms with Gasteiger partial charge < -0.3 is 14.2 Å². The number of carbonyl (C=O) groups is 3. The van der Waals surface area contributed by atoms with E-state index in [2.05, 4.69) is 20.8 Å². The topological polar surface area (TPSA) is 78.9 Å². The molecule has 0 rings (SSSR count). The molecule has 0 aliphatic carbocycles. The van der Waals surface area contributed by atoms with Crippen LogP contribution in [0, 0.1) is 0 Å². The predicted octanol–water partition coefficient (Wildman–Crippen LogP) is 24.2. The van der Waals surface area contributed by atoms with Crippen molar-refractivity contribution in [2.75, 3.05) is 13.2 Å². The molecule has 458 valence electrons. The molecule has 0 aromatic heterocycles. The third-order valence-corrected chi connectivity index (χ3v) is 16.6. The number of unbranched alkanes of at least 4 members (excludes halogenated alkanes) is 56. The first-order valence-corrected chi connectivity index (χ1v) is 35.5. The fourth-order valence-electron chi connectivity index (χ4n) is 11.3. The molecule has 0 aliphatic heterocycles. The number of esters is 3. The van der Waals surface area contributed by atoms with Crippen molar-refractivity contribution < 1.29 is 28.6 Å². The van der Waals surface area contributed by atoms with Gasteiger partial charge in [-0.05, 0) is 19.3 Å². The van der Waals surface area contributed by atoms with E-state index < -0.39 is 6.10 Å². The zero-order valence-electron chi connectivity index (χ0n) is 52.8. The molecular formula is C71H138O6. The van der Waals surface area contributed by atoms with Crippen LogP contribution in [0.1, 0.15) is 419 Å². The summed E-state index contributed by atoms with van der Waals surface area (Å²) in [6.07, 6.45) is 79.2. The van der Waals surface area contributed by atoms with E-state index in [1.807, 2.05) is 0 Å². The Morgan fingerprint density at radius 3 is 0.519 bits per heavy atom. The Kier molecular flexibility index (Phi) is 65.5. The highest BCUT2D eigenvalue weighted by Crippen LogP contribution is 2.20. The highest BCUT2D eigenvalue weighted by molar-refractivity contribution is 5.71. The second-order valence-corrected chi connectivity index (χ2v) is 24.5. The fourth-order valence-corrected chi connectivity index (χ4v) is 11.3. The summed E-state index contributed by atoms with van der Waals surface area (Å²) in [5.74, 6) is -0.843. The molecule has 1 unspecified atom stereocenters.